The van der Waals surface area contributed by atoms with Crippen LogP contribution in [0.15, 0.2) is 0 Å². The lowest BCUT2D eigenvalue weighted by molar-refractivity contribution is -0.137. The molecule has 0 aliphatic rings. The van der Waals surface area contributed by atoms with Gasteiger partial charge in [0.1, 0.15) is 0 Å². The third-order valence-electron chi connectivity index (χ3n) is 1.71. The summed E-state index contributed by atoms with van der Waals surface area (Å²) in [5.74, 6) is 1.89. The molecule has 0 aromatic rings. The van der Waals surface area contributed by atoms with E-state index in [1.807, 2.05) is 0 Å². The van der Waals surface area contributed by atoms with E-state index in [1.54, 1.807) is 0 Å². The van der Waals surface area contributed by atoms with Crippen LogP contribution < -0.4 is 0 Å². The highest BCUT2D eigenvalue weighted by Gasteiger charge is 1.95. The minimum absolute atomic E-state index is 0.301. The fraction of sp³-hybridized carbons (Fsp3) is 0.700. The van der Waals surface area contributed by atoms with Crippen molar-refractivity contribution in [2.75, 3.05) is 0 Å². The van der Waals surface area contributed by atoms with Crippen molar-refractivity contribution in [1.29, 1.82) is 0 Å². The van der Waals surface area contributed by atoms with Crippen LogP contribution in [0.2, 0.25) is 0 Å². The molecule has 0 saturated carbocycles. The van der Waals surface area contributed by atoms with Crippen LogP contribution in [0.25, 0.3) is 0 Å². The molecule has 0 atom stereocenters. The van der Waals surface area contributed by atoms with Crippen molar-refractivity contribution in [3.05, 3.63) is 0 Å². The molecule has 0 aromatic carbocycles. The highest BCUT2D eigenvalue weighted by atomic mass is 16.4. The highest BCUT2D eigenvalue weighted by molar-refractivity contribution is 5.66. The van der Waals surface area contributed by atoms with Crippen LogP contribution in [0.1, 0.15) is 44.9 Å². The summed E-state index contributed by atoms with van der Waals surface area (Å²) < 4.78 is 0. The van der Waals surface area contributed by atoms with Crippen LogP contribution in [0.4, 0.5) is 0 Å². The number of terminal acetylenes is 1. The Bertz CT molecular complexity index is 156. The minimum atomic E-state index is -0.696. The average Bonchev–Trinajstić information content (AvgIpc) is 2.02. The van der Waals surface area contributed by atoms with E-state index in [0.29, 0.717) is 6.42 Å². The van der Waals surface area contributed by atoms with Gasteiger partial charge in [-0.15, -0.1) is 12.3 Å². The Kier molecular flexibility index (Phi) is 7.47. The summed E-state index contributed by atoms with van der Waals surface area (Å²) in [6.07, 6.45) is 11.3. The molecule has 0 fully saturated rings. The second kappa shape index (κ2) is 8.13. The monoisotopic (exact) mass is 168 g/mol. The van der Waals surface area contributed by atoms with Gasteiger partial charge >= 0.3 is 5.97 Å². The van der Waals surface area contributed by atoms with E-state index in [9.17, 15) is 4.79 Å². The van der Waals surface area contributed by atoms with E-state index >= 15 is 0 Å². The summed E-state index contributed by atoms with van der Waals surface area (Å²) in [5.41, 5.74) is 0. The number of carboxylic acids is 1. The first-order valence-corrected chi connectivity index (χ1v) is 4.42. The maximum atomic E-state index is 10.1. The largest absolute Gasteiger partial charge is 0.481 e. The van der Waals surface area contributed by atoms with E-state index in [2.05, 4.69) is 5.92 Å². The molecule has 0 aliphatic carbocycles. The Balaban J connectivity index is 2.92. The van der Waals surface area contributed by atoms with Gasteiger partial charge in [0.05, 0.1) is 0 Å². The molecule has 0 unspecified atom stereocenters. The van der Waals surface area contributed by atoms with Crippen molar-refractivity contribution in [3.8, 4) is 12.3 Å². The molecule has 1 N–H and O–H groups in total. The van der Waals surface area contributed by atoms with Crippen LogP contribution in [-0.2, 0) is 4.79 Å². The zero-order valence-corrected chi connectivity index (χ0v) is 7.38. The van der Waals surface area contributed by atoms with Crippen molar-refractivity contribution >= 4 is 5.97 Å². The van der Waals surface area contributed by atoms with E-state index < -0.39 is 5.97 Å². The maximum Gasteiger partial charge on any atom is 0.303 e. The average molecular weight is 168 g/mol. The van der Waals surface area contributed by atoms with Crippen molar-refractivity contribution in [2.24, 2.45) is 0 Å². The van der Waals surface area contributed by atoms with Gasteiger partial charge in [0, 0.05) is 12.8 Å². The molecular formula is C10H16O2. The fourth-order valence-corrected chi connectivity index (χ4v) is 1.03. The molecular weight excluding hydrogens is 152 g/mol. The Labute approximate surface area is 74.0 Å². The molecule has 12 heavy (non-hydrogen) atoms. The van der Waals surface area contributed by atoms with Gasteiger partial charge in [-0.25, -0.2) is 0 Å². The normalized spacial score (nSPS) is 9.25. The summed E-state index contributed by atoms with van der Waals surface area (Å²) in [6, 6.07) is 0. The van der Waals surface area contributed by atoms with Crippen molar-refractivity contribution < 1.29 is 9.90 Å². The minimum Gasteiger partial charge on any atom is -0.481 e. The predicted molar refractivity (Wildman–Crippen MR) is 48.8 cm³/mol. The van der Waals surface area contributed by atoms with Gasteiger partial charge in [-0.05, 0) is 12.8 Å². The molecule has 0 amide bonds. The molecule has 0 rings (SSSR count). The number of hydrogen-bond donors (Lipinski definition) is 1. The van der Waals surface area contributed by atoms with Gasteiger partial charge in [0.15, 0.2) is 0 Å². The Morgan fingerprint density at radius 2 is 1.75 bits per heavy atom. The van der Waals surface area contributed by atoms with Gasteiger partial charge in [-0.1, -0.05) is 19.3 Å². The van der Waals surface area contributed by atoms with Gasteiger partial charge in [0.25, 0.3) is 0 Å². The molecule has 0 spiro atoms. The first-order chi connectivity index (χ1) is 5.77. The van der Waals surface area contributed by atoms with Crippen LogP contribution in [-0.4, -0.2) is 11.1 Å². The van der Waals surface area contributed by atoms with Gasteiger partial charge in [0.2, 0.25) is 0 Å². The standard InChI is InChI=1S/C10H16O2/c1-2-3-4-5-6-7-8-9-10(11)12/h1H,3-9H2,(H,11,12). The van der Waals surface area contributed by atoms with E-state index in [-0.39, 0.29) is 0 Å². The van der Waals surface area contributed by atoms with Crippen LogP contribution in [0.3, 0.4) is 0 Å². The summed E-state index contributed by atoms with van der Waals surface area (Å²) in [6.45, 7) is 0. The second-order valence-electron chi connectivity index (χ2n) is 2.87. The van der Waals surface area contributed by atoms with Gasteiger partial charge in [-0.2, -0.15) is 0 Å². The topological polar surface area (TPSA) is 37.3 Å². The van der Waals surface area contributed by atoms with Crippen LogP contribution in [0, 0.1) is 12.3 Å². The summed E-state index contributed by atoms with van der Waals surface area (Å²) in [5, 5.41) is 8.33. The number of carboxylic acid groups (broad SMARTS) is 1. The second-order valence-corrected chi connectivity index (χ2v) is 2.87. The Morgan fingerprint density at radius 1 is 1.17 bits per heavy atom. The van der Waals surface area contributed by atoms with Crippen LogP contribution in [0.5, 0.6) is 0 Å². The van der Waals surface area contributed by atoms with Gasteiger partial charge in [-0.3, -0.25) is 4.79 Å². The van der Waals surface area contributed by atoms with Crippen LogP contribution >= 0.6 is 0 Å². The van der Waals surface area contributed by atoms with E-state index in [0.717, 1.165) is 38.5 Å². The lowest BCUT2D eigenvalue weighted by Gasteiger charge is -1.96. The van der Waals surface area contributed by atoms with E-state index in [1.165, 1.54) is 0 Å². The first-order valence-electron chi connectivity index (χ1n) is 4.42. The molecule has 68 valence electrons. The lowest BCUT2D eigenvalue weighted by Crippen LogP contribution is -1.93. The smallest absolute Gasteiger partial charge is 0.303 e. The maximum absolute atomic E-state index is 10.1. The first kappa shape index (κ1) is 11.0. The third kappa shape index (κ3) is 9.03. The SMILES string of the molecule is C#CCCCCCCCC(=O)O. The number of hydrogen-bond acceptors (Lipinski definition) is 1. The number of rotatable bonds is 7. The molecule has 2 nitrogen and oxygen atoms in total. The van der Waals surface area contributed by atoms with Crippen molar-refractivity contribution in [2.45, 2.75) is 44.9 Å². The molecule has 0 saturated heterocycles. The molecule has 0 heterocycles. The molecule has 0 bridgehead atoms. The zero-order chi connectivity index (χ0) is 9.23. The van der Waals surface area contributed by atoms with E-state index in [4.69, 9.17) is 11.5 Å². The van der Waals surface area contributed by atoms with Gasteiger partial charge < -0.3 is 5.11 Å². The number of unbranched alkanes of at least 4 members (excludes halogenated alkanes) is 5. The lowest BCUT2D eigenvalue weighted by atomic mass is 10.1. The summed E-state index contributed by atoms with van der Waals surface area (Å²) in [4.78, 5) is 10.1. The molecule has 0 aromatic heterocycles. The zero-order valence-electron chi connectivity index (χ0n) is 7.38. The fourth-order valence-electron chi connectivity index (χ4n) is 1.03. The quantitative estimate of drug-likeness (QED) is 0.468. The molecule has 2 heteroatoms. The van der Waals surface area contributed by atoms with Crippen molar-refractivity contribution in [3.63, 3.8) is 0 Å². The van der Waals surface area contributed by atoms with Crippen molar-refractivity contribution in [1.82, 2.24) is 0 Å². The number of aliphatic carboxylic acids is 1. The predicted octanol–water partition coefficient (Wildman–Crippen LogP) is 2.43. The summed E-state index contributed by atoms with van der Waals surface area (Å²) in [7, 11) is 0. The third-order valence-corrected chi connectivity index (χ3v) is 1.71. The highest BCUT2D eigenvalue weighted by Crippen LogP contribution is 2.06. The Morgan fingerprint density at radius 3 is 2.33 bits per heavy atom. The Hall–Kier alpha value is -0.970. The molecule has 0 radical (unpaired) electrons. The number of carbonyl (C=O) groups is 1. The molecule has 0 aliphatic heterocycles. The summed E-state index contributed by atoms with van der Waals surface area (Å²) >= 11 is 0.